The van der Waals surface area contributed by atoms with E-state index in [-0.39, 0.29) is 7.43 Å². The number of hydrogen-bond acceptors (Lipinski definition) is 6. The minimum absolute atomic E-state index is 0. The van der Waals surface area contributed by atoms with E-state index >= 15 is 0 Å². The number of nitrogens with one attached hydrogen (secondary N) is 1. The minimum atomic E-state index is 0. The summed E-state index contributed by atoms with van der Waals surface area (Å²) < 4.78 is 10.3. The van der Waals surface area contributed by atoms with Crippen molar-refractivity contribution in [3.05, 3.63) is 49.8 Å². The van der Waals surface area contributed by atoms with Crippen LogP contribution in [0.15, 0.2) is 24.3 Å². The number of morpholine rings is 2. The van der Waals surface area contributed by atoms with Crippen molar-refractivity contribution in [2.24, 2.45) is 0 Å². The summed E-state index contributed by atoms with van der Waals surface area (Å²) >= 11 is 28.2. The third-order valence-corrected chi connectivity index (χ3v) is 4.67. The second-order valence-corrected chi connectivity index (χ2v) is 7.89. The lowest BCUT2D eigenvalue weighted by Gasteiger charge is -2.27. The standard InChI is InChI=1S/C9H10Cl2N2O.C5H2Cl3N.C4H9NO.CH4/c10-7-5-8(11)12-9(6-7)13-1-3-14-4-2-13;6-3-1-4(7)9-5(8)2-3;1-3-6-4-2-5-1;/h5-6H,1-4H2;1-2H;5H,1-4H2;1H4. The van der Waals surface area contributed by atoms with E-state index in [0.717, 1.165) is 58.4 Å². The van der Waals surface area contributed by atoms with E-state index in [0.29, 0.717) is 25.5 Å². The summed E-state index contributed by atoms with van der Waals surface area (Å²) in [5.41, 5.74) is 0. The number of nitrogens with zero attached hydrogens (tertiary/aromatic N) is 3. The summed E-state index contributed by atoms with van der Waals surface area (Å²) in [6.45, 7) is 6.96. The Morgan fingerprint density at radius 1 is 0.700 bits per heavy atom. The molecule has 0 aromatic carbocycles. The summed E-state index contributed by atoms with van der Waals surface area (Å²) in [7, 11) is 0. The molecule has 0 radical (unpaired) electrons. The molecule has 2 aliphatic heterocycles. The van der Waals surface area contributed by atoms with Gasteiger partial charge in [-0.25, -0.2) is 9.97 Å². The zero-order chi connectivity index (χ0) is 21.1. The average molecular weight is 519 g/mol. The van der Waals surface area contributed by atoms with Crippen molar-refractivity contribution in [2.45, 2.75) is 7.43 Å². The molecule has 1 N–H and O–H groups in total. The van der Waals surface area contributed by atoms with Gasteiger partial charge in [0.15, 0.2) is 0 Å². The topological polar surface area (TPSA) is 59.5 Å². The van der Waals surface area contributed by atoms with E-state index in [9.17, 15) is 0 Å². The van der Waals surface area contributed by atoms with Crippen LogP contribution in [0.25, 0.3) is 0 Å². The summed E-state index contributed by atoms with van der Waals surface area (Å²) in [6.07, 6.45) is 0. The Morgan fingerprint density at radius 2 is 1.17 bits per heavy atom. The van der Waals surface area contributed by atoms with E-state index < -0.39 is 0 Å². The van der Waals surface area contributed by atoms with Crippen molar-refractivity contribution >= 4 is 63.8 Å². The fourth-order valence-electron chi connectivity index (χ4n) is 2.36. The molecular formula is C19H25Cl5N4O2. The van der Waals surface area contributed by atoms with Crippen LogP contribution in [0.4, 0.5) is 5.82 Å². The Labute approximate surface area is 202 Å². The second-order valence-electron chi connectivity index (χ2n) is 5.86. The number of halogens is 5. The lowest BCUT2D eigenvalue weighted by atomic mass is 10.4. The molecule has 2 aliphatic rings. The van der Waals surface area contributed by atoms with Crippen LogP contribution in [0.2, 0.25) is 25.5 Å². The van der Waals surface area contributed by atoms with Crippen LogP contribution in [-0.2, 0) is 9.47 Å². The SMILES string of the molecule is C.C1COCCN1.Clc1cc(Cl)nc(Cl)c1.Clc1cc(Cl)nc(N2CCOCC2)c1. The summed E-state index contributed by atoms with van der Waals surface area (Å²) in [5.74, 6) is 0.825. The number of ether oxygens (including phenoxy) is 2. The first-order chi connectivity index (χ1) is 13.9. The maximum Gasteiger partial charge on any atom is 0.132 e. The normalized spacial score (nSPS) is 15.7. The number of pyridine rings is 2. The van der Waals surface area contributed by atoms with Crippen molar-refractivity contribution in [1.82, 2.24) is 15.3 Å². The molecule has 0 bridgehead atoms. The van der Waals surface area contributed by atoms with Crippen LogP contribution in [0, 0.1) is 0 Å². The number of rotatable bonds is 1. The Hall–Kier alpha value is -0.570. The van der Waals surface area contributed by atoms with E-state index in [1.807, 2.05) is 6.07 Å². The van der Waals surface area contributed by atoms with Gasteiger partial charge < -0.3 is 19.7 Å². The van der Waals surface area contributed by atoms with E-state index in [1.165, 1.54) is 12.1 Å². The summed E-state index contributed by atoms with van der Waals surface area (Å²) in [5, 5.41) is 5.33. The largest absolute Gasteiger partial charge is 0.379 e. The van der Waals surface area contributed by atoms with Gasteiger partial charge in [0.25, 0.3) is 0 Å². The van der Waals surface area contributed by atoms with Crippen LogP contribution < -0.4 is 10.2 Å². The van der Waals surface area contributed by atoms with Gasteiger partial charge in [0.1, 0.15) is 21.3 Å². The molecule has 0 atom stereocenters. The maximum atomic E-state index is 5.89. The predicted molar refractivity (Wildman–Crippen MR) is 127 cm³/mol. The van der Waals surface area contributed by atoms with Crippen LogP contribution in [0.5, 0.6) is 0 Å². The molecule has 0 spiro atoms. The Bertz CT molecular complexity index is 677. The maximum absolute atomic E-state index is 5.89. The van der Waals surface area contributed by atoms with Crippen molar-refractivity contribution in [3.8, 4) is 0 Å². The van der Waals surface area contributed by atoms with Gasteiger partial charge >= 0.3 is 0 Å². The lowest BCUT2D eigenvalue weighted by Crippen LogP contribution is -2.36. The molecule has 4 rings (SSSR count). The highest BCUT2D eigenvalue weighted by Crippen LogP contribution is 2.22. The van der Waals surface area contributed by atoms with Gasteiger partial charge in [-0.05, 0) is 24.3 Å². The third-order valence-electron chi connectivity index (χ3n) is 3.65. The second kappa shape index (κ2) is 15.3. The van der Waals surface area contributed by atoms with Crippen molar-refractivity contribution in [3.63, 3.8) is 0 Å². The minimum Gasteiger partial charge on any atom is -0.379 e. The number of anilines is 1. The molecule has 4 heterocycles. The molecule has 2 saturated heterocycles. The van der Waals surface area contributed by atoms with Gasteiger partial charge in [-0.1, -0.05) is 65.4 Å². The lowest BCUT2D eigenvalue weighted by molar-refractivity contribution is 0.109. The van der Waals surface area contributed by atoms with Crippen LogP contribution in [0.1, 0.15) is 7.43 Å². The van der Waals surface area contributed by atoms with Gasteiger partial charge in [-0.3, -0.25) is 0 Å². The average Bonchev–Trinajstić information content (AvgIpc) is 2.69. The fourth-order valence-corrected chi connectivity index (χ4v) is 3.60. The highest BCUT2D eigenvalue weighted by atomic mass is 35.5. The van der Waals surface area contributed by atoms with Gasteiger partial charge in [0.2, 0.25) is 0 Å². The molecule has 0 saturated carbocycles. The first-order valence-corrected chi connectivity index (χ1v) is 10.8. The predicted octanol–water partition coefficient (Wildman–Crippen LogP) is 5.51. The van der Waals surface area contributed by atoms with E-state index in [1.54, 1.807) is 6.07 Å². The first kappa shape index (κ1) is 27.5. The third kappa shape index (κ3) is 11.2. The van der Waals surface area contributed by atoms with Crippen molar-refractivity contribution < 1.29 is 9.47 Å². The van der Waals surface area contributed by atoms with Crippen LogP contribution >= 0.6 is 58.0 Å². The molecule has 6 nitrogen and oxygen atoms in total. The zero-order valence-electron chi connectivity index (χ0n) is 15.5. The molecule has 0 unspecified atom stereocenters. The summed E-state index contributed by atoms with van der Waals surface area (Å²) in [6, 6.07) is 6.50. The Kier molecular flexibility index (Phi) is 14.0. The van der Waals surface area contributed by atoms with E-state index in [2.05, 4.69) is 20.2 Å². The van der Waals surface area contributed by atoms with Gasteiger partial charge in [0, 0.05) is 36.2 Å². The highest BCUT2D eigenvalue weighted by molar-refractivity contribution is 6.36. The van der Waals surface area contributed by atoms with Crippen molar-refractivity contribution in [1.29, 1.82) is 0 Å². The first-order valence-electron chi connectivity index (χ1n) is 8.87. The molecule has 168 valence electrons. The molecular weight excluding hydrogens is 494 g/mol. The smallest absolute Gasteiger partial charge is 0.132 e. The summed E-state index contributed by atoms with van der Waals surface area (Å²) in [4.78, 5) is 10.0. The van der Waals surface area contributed by atoms with E-state index in [4.69, 9.17) is 67.5 Å². The molecule has 30 heavy (non-hydrogen) atoms. The Balaban J connectivity index is 0.000000242. The van der Waals surface area contributed by atoms with Crippen molar-refractivity contribution in [2.75, 3.05) is 57.5 Å². The van der Waals surface area contributed by atoms with Gasteiger partial charge in [-0.15, -0.1) is 0 Å². The van der Waals surface area contributed by atoms with Gasteiger partial charge in [0.05, 0.1) is 26.4 Å². The monoisotopic (exact) mass is 516 g/mol. The molecule has 11 heteroatoms. The highest BCUT2D eigenvalue weighted by Gasteiger charge is 2.13. The quantitative estimate of drug-likeness (QED) is 0.503. The molecule has 2 fully saturated rings. The van der Waals surface area contributed by atoms with Gasteiger partial charge in [-0.2, -0.15) is 0 Å². The molecule has 0 aliphatic carbocycles. The number of aromatic nitrogens is 2. The Morgan fingerprint density at radius 3 is 1.57 bits per heavy atom. The molecule has 2 aromatic rings. The molecule has 2 aromatic heterocycles. The van der Waals surface area contributed by atoms with Crippen LogP contribution in [0.3, 0.4) is 0 Å². The molecule has 0 amide bonds. The number of hydrogen-bond donors (Lipinski definition) is 1. The fraction of sp³-hybridized carbons (Fsp3) is 0.474. The zero-order valence-corrected chi connectivity index (χ0v) is 19.3. The van der Waals surface area contributed by atoms with Crippen LogP contribution in [-0.4, -0.2) is 62.6 Å².